The van der Waals surface area contributed by atoms with E-state index in [1.54, 1.807) is 33.5 Å². The first-order valence-electron chi connectivity index (χ1n) is 10.6. The maximum Gasteiger partial charge on any atom is 0.255 e. The van der Waals surface area contributed by atoms with Crippen molar-refractivity contribution < 1.29 is 19.0 Å². The van der Waals surface area contributed by atoms with Gasteiger partial charge in [0.2, 0.25) is 5.75 Å². The summed E-state index contributed by atoms with van der Waals surface area (Å²) in [5, 5.41) is 9.27. The van der Waals surface area contributed by atoms with Gasteiger partial charge in [-0.25, -0.2) is 0 Å². The maximum atomic E-state index is 12.9. The van der Waals surface area contributed by atoms with Crippen molar-refractivity contribution in [3.8, 4) is 28.5 Å². The molecule has 1 aliphatic rings. The summed E-state index contributed by atoms with van der Waals surface area (Å²) in [6.45, 7) is 2.43. The topological polar surface area (TPSA) is 77.0 Å². The van der Waals surface area contributed by atoms with E-state index < -0.39 is 0 Å². The molecule has 2 heterocycles. The Bertz CT molecular complexity index is 1160. The molecular formula is C24H24BrClN4O4. The van der Waals surface area contributed by atoms with E-state index in [4.69, 9.17) is 25.8 Å². The summed E-state index contributed by atoms with van der Waals surface area (Å²) in [5.41, 5.74) is 1.98. The van der Waals surface area contributed by atoms with Crippen LogP contribution in [0.4, 0.5) is 5.82 Å². The fraction of sp³-hybridized carbons (Fsp3) is 0.292. The molecule has 1 aliphatic heterocycles. The Morgan fingerprint density at radius 3 is 2.15 bits per heavy atom. The van der Waals surface area contributed by atoms with E-state index >= 15 is 0 Å². The molecule has 0 bridgehead atoms. The van der Waals surface area contributed by atoms with Crippen molar-refractivity contribution in [3.63, 3.8) is 0 Å². The number of methoxy groups -OCH3 is 3. The molecule has 4 rings (SSSR count). The summed E-state index contributed by atoms with van der Waals surface area (Å²) in [7, 11) is 4.71. The lowest BCUT2D eigenvalue weighted by Gasteiger charge is -2.35. The number of nitrogens with zero attached hydrogens (tertiary/aromatic N) is 4. The van der Waals surface area contributed by atoms with Gasteiger partial charge >= 0.3 is 0 Å². The molecule has 0 spiro atoms. The number of anilines is 1. The van der Waals surface area contributed by atoms with E-state index in [9.17, 15) is 4.79 Å². The molecule has 1 fully saturated rings. The molecule has 0 N–H and O–H groups in total. The van der Waals surface area contributed by atoms with Crippen LogP contribution in [-0.4, -0.2) is 68.5 Å². The van der Waals surface area contributed by atoms with Gasteiger partial charge in [-0.3, -0.25) is 4.79 Å². The van der Waals surface area contributed by atoms with Gasteiger partial charge < -0.3 is 24.0 Å². The number of rotatable bonds is 6. The highest BCUT2D eigenvalue weighted by atomic mass is 79.9. The standard InChI is InChI=1S/C24H24BrClN4O4/c1-32-20-12-15(13-21(33-2)23(20)34-3)19-6-7-22(28-27-19)29-8-10-30(11-9-29)24(31)17-14-16(25)4-5-18(17)26/h4-7,12-14H,8-11H2,1-3H3. The van der Waals surface area contributed by atoms with Crippen molar-refractivity contribution in [2.24, 2.45) is 0 Å². The van der Waals surface area contributed by atoms with Gasteiger partial charge in [-0.05, 0) is 42.5 Å². The van der Waals surface area contributed by atoms with Crippen LogP contribution >= 0.6 is 27.5 Å². The summed E-state index contributed by atoms with van der Waals surface area (Å²) >= 11 is 9.64. The minimum atomic E-state index is -0.0743. The first-order valence-corrected chi connectivity index (χ1v) is 11.8. The number of carbonyl (C=O) groups is 1. The monoisotopic (exact) mass is 546 g/mol. The van der Waals surface area contributed by atoms with E-state index in [-0.39, 0.29) is 5.91 Å². The number of piperazine rings is 1. The zero-order valence-electron chi connectivity index (χ0n) is 19.0. The van der Waals surface area contributed by atoms with E-state index in [0.29, 0.717) is 59.7 Å². The second-order valence-electron chi connectivity index (χ2n) is 7.59. The lowest BCUT2D eigenvalue weighted by atomic mass is 10.1. The second kappa shape index (κ2) is 10.5. The highest BCUT2D eigenvalue weighted by molar-refractivity contribution is 9.10. The molecule has 34 heavy (non-hydrogen) atoms. The van der Waals surface area contributed by atoms with Crippen molar-refractivity contribution in [2.75, 3.05) is 52.4 Å². The number of amides is 1. The van der Waals surface area contributed by atoms with Crippen LogP contribution in [0, 0.1) is 0 Å². The third-order valence-corrected chi connectivity index (χ3v) is 6.48. The fourth-order valence-electron chi connectivity index (χ4n) is 3.85. The Morgan fingerprint density at radius 2 is 1.59 bits per heavy atom. The van der Waals surface area contributed by atoms with Gasteiger partial charge in [0.05, 0.1) is 37.6 Å². The van der Waals surface area contributed by atoms with Crippen LogP contribution in [0.2, 0.25) is 5.02 Å². The molecular weight excluding hydrogens is 524 g/mol. The van der Waals surface area contributed by atoms with Crippen molar-refractivity contribution in [1.29, 1.82) is 0 Å². The Balaban J connectivity index is 1.46. The largest absolute Gasteiger partial charge is 0.493 e. The molecule has 1 saturated heterocycles. The van der Waals surface area contributed by atoms with Gasteiger partial charge in [-0.1, -0.05) is 27.5 Å². The van der Waals surface area contributed by atoms with Gasteiger partial charge in [-0.15, -0.1) is 10.2 Å². The van der Waals surface area contributed by atoms with Crippen molar-refractivity contribution in [2.45, 2.75) is 0 Å². The minimum absolute atomic E-state index is 0.0743. The lowest BCUT2D eigenvalue weighted by Crippen LogP contribution is -2.49. The van der Waals surface area contributed by atoms with E-state index in [1.807, 2.05) is 35.2 Å². The van der Waals surface area contributed by atoms with Crippen molar-refractivity contribution in [3.05, 3.63) is 57.5 Å². The number of carbonyl (C=O) groups excluding carboxylic acids is 1. The quantitative estimate of drug-likeness (QED) is 0.448. The summed E-state index contributed by atoms with van der Waals surface area (Å²) in [4.78, 5) is 16.8. The Kier molecular flexibility index (Phi) is 7.43. The predicted octanol–water partition coefficient (Wildman–Crippen LogP) is 4.55. The maximum absolute atomic E-state index is 12.9. The van der Waals surface area contributed by atoms with Crippen LogP contribution in [0.3, 0.4) is 0 Å². The van der Waals surface area contributed by atoms with Crippen molar-refractivity contribution >= 4 is 39.3 Å². The van der Waals surface area contributed by atoms with Crippen LogP contribution in [0.5, 0.6) is 17.2 Å². The number of aromatic nitrogens is 2. The number of ether oxygens (including phenoxy) is 3. The molecule has 0 saturated carbocycles. The molecule has 3 aromatic rings. The Morgan fingerprint density at radius 1 is 0.912 bits per heavy atom. The number of hydrogen-bond donors (Lipinski definition) is 0. The molecule has 10 heteroatoms. The molecule has 178 valence electrons. The normalized spacial score (nSPS) is 13.6. The SMILES string of the molecule is COc1cc(-c2ccc(N3CCN(C(=O)c4cc(Br)ccc4Cl)CC3)nn2)cc(OC)c1OC. The number of halogens is 2. The van der Waals surface area contributed by atoms with Crippen LogP contribution < -0.4 is 19.1 Å². The van der Waals surface area contributed by atoms with E-state index in [1.165, 1.54) is 0 Å². The van der Waals surface area contributed by atoms with Gasteiger partial charge in [0.1, 0.15) is 0 Å². The number of hydrogen-bond acceptors (Lipinski definition) is 7. The second-order valence-corrected chi connectivity index (χ2v) is 8.92. The summed E-state index contributed by atoms with van der Waals surface area (Å²) in [5.74, 6) is 2.30. The molecule has 1 aromatic heterocycles. The van der Waals surface area contributed by atoms with Gasteiger partial charge in [-0.2, -0.15) is 0 Å². The van der Waals surface area contributed by atoms with Crippen LogP contribution in [-0.2, 0) is 0 Å². The van der Waals surface area contributed by atoms with Gasteiger partial charge in [0.15, 0.2) is 17.3 Å². The van der Waals surface area contributed by atoms with Gasteiger partial charge in [0, 0.05) is 36.2 Å². The highest BCUT2D eigenvalue weighted by Gasteiger charge is 2.25. The van der Waals surface area contributed by atoms with E-state index in [0.717, 1.165) is 15.9 Å². The third kappa shape index (κ3) is 4.90. The summed E-state index contributed by atoms with van der Waals surface area (Å²) in [6.07, 6.45) is 0. The number of benzene rings is 2. The Labute approximate surface area is 211 Å². The van der Waals surface area contributed by atoms with Crippen LogP contribution in [0.1, 0.15) is 10.4 Å². The van der Waals surface area contributed by atoms with Crippen LogP contribution in [0.25, 0.3) is 11.3 Å². The Hall–Kier alpha value is -3.04. The van der Waals surface area contributed by atoms with Crippen LogP contribution in [0.15, 0.2) is 46.9 Å². The third-order valence-electron chi connectivity index (χ3n) is 5.66. The summed E-state index contributed by atoms with van der Waals surface area (Å²) in [6, 6.07) is 12.8. The fourth-order valence-corrected chi connectivity index (χ4v) is 4.41. The smallest absolute Gasteiger partial charge is 0.255 e. The van der Waals surface area contributed by atoms with E-state index in [2.05, 4.69) is 31.0 Å². The zero-order chi connectivity index (χ0) is 24.2. The lowest BCUT2D eigenvalue weighted by molar-refractivity contribution is 0.0746. The molecule has 0 aliphatic carbocycles. The average molecular weight is 548 g/mol. The first-order chi connectivity index (χ1) is 16.4. The summed E-state index contributed by atoms with van der Waals surface area (Å²) < 4.78 is 17.1. The molecule has 2 aromatic carbocycles. The molecule has 0 radical (unpaired) electrons. The zero-order valence-corrected chi connectivity index (χ0v) is 21.4. The molecule has 0 atom stereocenters. The van der Waals surface area contributed by atoms with Gasteiger partial charge in [0.25, 0.3) is 5.91 Å². The molecule has 0 unspecified atom stereocenters. The molecule has 8 nitrogen and oxygen atoms in total. The van der Waals surface area contributed by atoms with Crippen molar-refractivity contribution in [1.82, 2.24) is 15.1 Å². The highest BCUT2D eigenvalue weighted by Crippen LogP contribution is 2.40. The average Bonchev–Trinajstić information content (AvgIpc) is 2.89. The first kappa shape index (κ1) is 24.1. The predicted molar refractivity (Wildman–Crippen MR) is 134 cm³/mol. The minimum Gasteiger partial charge on any atom is -0.493 e. The molecule has 1 amide bonds.